The van der Waals surface area contributed by atoms with E-state index in [0.29, 0.717) is 33.9 Å². The number of rotatable bonds is 15. The number of carbonyl (C=O) groups is 3. The summed E-state index contributed by atoms with van der Waals surface area (Å²) in [6.07, 6.45) is 12.6. The Hall–Kier alpha value is -7.01. The fourth-order valence-corrected chi connectivity index (χ4v) is 4.60. The number of aromatic hydroxyl groups is 3. The third-order valence-electron chi connectivity index (χ3n) is 7.49. The number of aryl methyl sites for hydroxylation is 1. The minimum Gasteiger partial charge on any atom is -0.508 e. The molecule has 11 nitrogen and oxygen atoms in total. The summed E-state index contributed by atoms with van der Waals surface area (Å²) in [5.41, 5.74) is 3.87. The van der Waals surface area contributed by atoms with Gasteiger partial charge in [0.25, 0.3) is 0 Å². The van der Waals surface area contributed by atoms with E-state index < -0.39 is 5.78 Å². The number of benzene rings is 4. The number of phenols is 3. The van der Waals surface area contributed by atoms with Crippen molar-refractivity contribution in [1.29, 1.82) is 0 Å². The number of phenolic OH excluding ortho intramolecular Hbond substituents is 3. The maximum atomic E-state index is 12.0. The molecule has 4 aromatic rings. The van der Waals surface area contributed by atoms with E-state index in [9.17, 15) is 34.8 Å². The molecule has 4 rings (SSSR count). The van der Waals surface area contributed by atoms with Crippen molar-refractivity contribution in [3.05, 3.63) is 137 Å². The average molecular weight is 735 g/mol. The average Bonchev–Trinajstić information content (AvgIpc) is 3.16. The van der Waals surface area contributed by atoms with E-state index in [1.165, 1.54) is 63.8 Å². The molecule has 0 aromatic heterocycles. The van der Waals surface area contributed by atoms with Crippen LogP contribution in [0.15, 0.2) is 109 Å². The van der Waals surface area contributed by atoms with Gasteiger partial charge >= 0.3 is 0 Å². The van der Waals surface area contributed by atoms with Crippen LogP contribution >= 0.6 is 0 Å². The highest BCUT2D eigenvalue weighted by Crippen LogP contribution is 2.29. The largest absolute Gasteiger partial charge is 0.508 e. The summed E-state index contributed by atoms with van der Waals surface area (Å²) in [5, 5.41) is 38.5. The molecule has 0 saturated carbocycles. The zero-order valence-electron chi connectivity index (χ0n) is 30.5. The van der Waals surface area contributed by atoms with Gasteiger partial charge in [0, 0.05) is 6.08 Å². The van der Waals surface area contributed by atoms with E-state index in [0.717, 1.165) is 23.0 Å². The predicted molar refractivity (Wildman–Crippen MR) is 208 cm³/mol. The molecular formula is C43H42O11. The van der Waals surface area contributed by atoms with Crippen molar-refractivity contribution in [2.75, 3.05) is 28.4 Å². The number of ketones is 3. The predicted octanol–water partition coefficient (Wildman–Crippen LogP) is 7.83. The second-order valence-electron chi connectivity index (χ2n) is 11.4. The molecular weight excluding hydrogens is 692 g/mol. The second-order valence-corrected chi connectivity index (χ2v) is 11.4. The van der Waals surface area contributed by atoms with E-state index in [1.54, 1.807) is 67.8 Å². The molecule has 11 heteroatoms. The van der Waals surface area contributed by atoms with Crippen LogP contribution in [0.1, 0.15) is 34.2 Å². The van der Waals surface area contributed by atoms with Gasteiger partial charge in [-0.05, 0) is 102 Å². The maximum absolute atomic E-state index is 12.0. The standard InChI is InChI=1S/C22H22O5.C21H20O6/c1-15-4-5-16(12-21(15)26-2)6-9-18(23)14-19(24)10-7-17-8-11-20(25)22(13-17)27-3;1-26-20-11-14(5-9-18(20)24)3-7-16(22)13-17(23)8-4-15-6-10-19(25)21(12-15)27-2/h4-13,25H,14H2,1-3H3;3-13,22,24-25H,1-2H3/b9-6+,10-7+;7-3+,8-4+,16-13-. The number of hydrogen-bond donors (Lipinski definition) is 4. The Morgan fingerprint density at radius 1 is 0.519 bits per heavy atom. The van der Waals surface area contributed by atoms with Crippen molar-refractivity contribution >= 4 is 41.7 Å². The number of ether oxygens (including phenoxy) is 4. The molecule has 280 valence electrons. The lowest BCUT2D eigenvalue weighted by atomic mass is 10.1. The first-order valence-corrected chi connectivity index (χ1v) is 16.3. The van der Waals surface area contributed by atoms with Gasteiger partial charge in [-0.15, -0.1) is 0 Å². The Kier molecular flexibility index (Phi) is 15.9. The van der Waals surface area contributed by atoms with E-state index >= 15 is 0 Å². The lowest BCUT2D eigenvalue weighted by Gasteiger charge is -2.04. The quantitative estimate of drug-likeness (QED) is 0.0407. The molecule has 0 aliphatic heterocycles. The molecule has 0 heterocycles. The lowest BCUT2D eigenvalue weighted by molar-refractivity contribution is -0.122. The highest BCUT2D eigenvalue weighted by molar-refractivity contribution is 6.11. The summed E-state index contributed by atoms with van der Waals surface area (Å²) in [7, 11) is 5.91. The van der Waals surface area contributed by atoms with Gasteiger partial charge in [-0.3, -0.25) is 14.4 Å². The van der Waals surface area contributed by atoms with Crippen molar-refractivity contribution in [2.24, 2.45) is 0 Å². The smallest absolute Gasteiger partial charge is 0.182 e. The van der Waals surface area contributed by atoms with E-state index in [2.05, 4.69) is 0 Å². The SMILES string of the molecule is COc1cc(/C=C/C(=O)/C=C(O)/C=C/c2ccc(O)c(OC)c2)ccc1O.COc1cc(/C=C/C(=O)CC(=O)/C=C/c2ccc(O)c(OC)c2)ccc1C. The molecule has 4 N–H and O–H groups in total. The first-order valence-electron chi connectivity index (χ1n) is 16.3. The van der Waals surface area contributed by atoms with Gasteiger partial charge in [0.05, 0.1) is 34.9 Å². The summed E-state index contributed by atoms with van der Waals surface area (Å²) in [6, 6.07) is 19.7. The van der Waals surface area contributed by atoms with Gasteiger partial charge in [0.2, 0.25) is 0 Å². The Morgan fingerprint density at radius 2 is 0.870 bits per heavy atom. The van der Waals surface area contributed by atoms with Crippen LogP contribution in [-0.4, -0.2) is 66.2 Å². The Labute approximate surface area is 313 Å². The van der Waals surface area contributed by atoms with Gasteiger partial charge in [0.1, 0.15) is 11.5 Å². The van der Waals surface area contributed by atoms with Crippen LogP contribution in [0.25, 0.3) is 24.3 Å². The monoisotopic (exact) mass is 734 g/mol. The van der Waals surface area contributed by atoms with Gasteiger partial charge in [-0.25, -0.2) is 0 Å². The lowest BCUT2D eigenvalue weighted by Crippen LogP contribution is -2.01. The van der Waals surface area contributed by atoms with Gasteiger partial charge in [-0.2, -0.15) is 0 Å². The van der Waals surface area contributed by atoms with Crippen LogP contribution in [0.2, 0.25) is 0 Å². The summed E-state index contributed by atoms with van der Waals surface area (Å²) in [6.45, 7) is 1.94. The van der Waals surface area contributed by atoms with Gasteiger partial charge in [0.15, 0.2) is 51.8 Å². The highest BCUT2D eigenvalue weighted by atomic mass is 16.5. The molecule has 0 aliphatic rings. The number of allylic oxidation sites excluding steroid dienone is 5. The highest BCUT2D eigenvalue weighted by Gasteiger charge is 2.06. The molecule has 0 aliphatic carbocycles. The summed E-state index contributed by atoms with van der Waals surface area (Å²) in [5.74, 6) is 0.492. The van der Waals surface area contributed by atoms with Crippen LogP contribution in [-0.2, 0) is 14.4 Å². The van der Waals surface area contributed by atoms with E-state index in [4.69, 9.17) is 18.9 Å². The summed E-state index contributed by atoms with van der Waals surface area (Å²) in [4.78, 5) is 35.9. The van der Waals surface area contributed by atoms with Crippen LogP contribution < -0.4 is 18.9 Å². The Balaban J connectivity index is 0.000000290. The first-order chi connectivity index (χ1) is 25.8. The molecule has 54 heavy (non-hydrogen) atoms. The van der Waals surface area contributed by atoms with Gasteiger partial charge in [-0.1, -0.05) is 54.6 Å². The number of hydrogen-bond acceptors (Lipinski definition) is 11. The van der Waals surface area contributed by atoms with Crippen molar-refractivity contribution in [3.8, 4) is 40.2 Å². The number of aliphatic hydroxyl groups excluding tert-OH is 1. The molecule has 0 amide bonds. The molecule has 0 bridgehead atoms. The third kappa shape index (κ3) is 13.3. The van der Waals surface area contributed by atoms with Crippen molar-refractivity contribution in [3.63, 3.8) is 0 Å². The molecule has 0 unspecified atom stereocenters. The van der Waals surface area contributed by atoms with E-state index in [1.807, 2.05) is 25.1 Å². The fraction of sp³-hybridized carbons (Fsp3) is 0.140. The maximum Gasteiger partial charge on any atom is 0.182 e. The molecule has 0 fully saturated rings. The van der Waals surface area contributed by atoms with Crippen molar-refractivity contribution in [1.82, 2.24) is 0 Å². The summed E-state index contributed by atoms with van der Waals surface area (Å²) < 4.78 is 20.3. The Bertz CT molecular complexity index is 2030. The molecule has 0 spiro atoms. The second kappa shape index (κ2) is 20.7. The van der Waals surface area contributed by atoms with Crippen LogP contribution in [0.3, 0.4) is 0 Å². The number of carbonyl (C=O) groups excluding carboxylic acids is 3. The summed E-state index contributed by atoms with van der Waals surface area (Å²) >= 11 is 0. The van der Waals surface area contributed by atoms with Gasteiger partial charge < -0.3 is 39.4 Å². The zero-order chi connectivity index (χ0) is 39.6. The van der Waals surface area contributed by atoms with Crippen LogP contribution in [0.5, 0.6) is 40.2 Å². The molecule has 0 radical (unpaired) electrons. The minimum absolute atomic E-state index is 0.00881. The van der Waals surface area contributed by atoms with E-state index in [-0.39, 0.29) is 41.0 Å². The molecule has 4 aromatic carbocycles. The van der Waals surface area contributed by atoms with Crippen molar-refractivity contribution < 1.29 is 53.8 Å². The van der Waals surface area contributed by atoms with Crippen molar-refractivity contribution in [2.45, 2.75) is 13.3 Å². The first kappa shape index (κ1) is 41.4. The fourth-order valence-electron chi connectivity index (χ4n) is 4.60. The Morgan fingerprint density at radius 3 is 1.28 bits per heavy atom. The van der Waals surface area contributed by atoms with Crippen LogP contribution in [0, 0.1) is 6.92 Å². The normalized spacial score (nSPS) is 11.5. The number of methoxy groups -OCH3 is 4. The molecule has 0 saturated heterocycles. The van der Waals surface area contributed by atoms with Crippen LogP contribution in [0.4, 0.5) is 0 Å². The molecule has 0 atom stereocenters. The minimum atomic E-state index is -0.410. The number of aliphatic hydroxyl groups is 1. The third-order valence-corrected chi connectivity index (χ3v) is 7.49. The zero-order valence-corrected chi connectivity index (χ0v) is 30.5. The topological polar surface area (TPSA) is 169 Å².